The SMILES string of the molecule is C[CH]C=CC12OC1(C)CC(O)CC2(C)C. The Hall–Kier alpha value is -0.340. The van der Waals surface area contributed by atoms with Crippen LogP contribution in [0.2, 0.25) is 0 Å². The van der Waals surface area contributed by atoms with E-state index in [4.69, 9.17) is 4.74 Å². The van der Waals surface area contributed by atoms with Crippen LogP contribution in [0.5, 0.6) is 0 Å². The molecule has 1 aliphatic heterocycles. The first-order valence-electron chi connectivity index (χ1n) is 5.72. The first-order valence-corrected chi connectivity index (χ1v) is 5.72. The van der Waals surface area contributed by atoms with E-state index in [1.165, 1.54) is 0 Å². The minimum Gasteiger partial charge on any atom is -0.393 e. The molecule has 0 spiro atoms. The van der Waals surface area contributed by atoms with Gasteiger partial charge in [-0.1, -0.05) is 32.9 Å². The Morgan fingerprint density at radius 3 is 2.47 bits per heavy atom. The smallest absolute Gasteiger partial charge is 0.121 e. The van der Waals surface area contributed by atoms with Gasteiger partial charge >= 0.3 is 0 Å². The van der Waals surface area contributed by atoms with Crippen molar-refractivity contribution >= 4 is 0 Å². The van der Waals surface area contributed by atoms with Gasteiger partial charge in [0.05, 0.1) is 6.10 Å². The topological polar surface area (TPSA) is 32.8 Å². The predicted molar refractivity (Wildman–Crippen MR) is 60.4 cm³/mol. The normalized spacial score (nSPS) is 47.9. The number of aliphatic hydroxyl groups is 1. The summed E-state index contributed by atoms with van der Waals surface area (Å²) in [4.78, 5) is 0. The van der Waals surface area contributed by atoms with Crippen LogP contribution in [0.1, 0.15) is 40.5 Å². The lowest BCUT2D eigenvalue weighted by Crippen LogP contribution is -2.46. The maximum Gasteiger partial charge on any atom is 0.121 e. The van der Waals surface area contributed by atoms with Gasteiger partial charge in [0.15, 0.2) is 0 Å². The fourth-order valence-corrected chi connectivity index (χ4v) is 3.31. The Bertz CT molecular complexity index is 295. The highest BCUT2D eigenvalue weighted by atomic mass is 16.6. The van der Waals surface area contributed by atoms with Crippen molar-refractivity contribution in [2.75, 3.05) is 0 Å². The lowest BCUT2D eigenvalue weighted by atomic mass is 9.63. The highest BCUT2D eigenvalue weighted by Gasteiger charge is 2.74. The second-order valence-electron chi connectivity index (χ2n) is 5.71. The van der Waals surface area contributed by atoms with Crippen LogP contribution >= 0.6 is 0 Å². The molecule has 3 unspecified atom stereocenters. The van der Waals surface area contributed by atoms with Gasteiger partial charge in [0.1, 0.15) is 11.2 Å². The van der Waals surface area contributed by atoms with E-state index >= 15 is 0 Å². The molecule has 2 rings (SSSR count). The Morgan fingerprint density at radius 2 is 1.93 bits per heavy atom. The average molecular weight is 209 g/mol. The maximum absolute atomic E-state index is 9.84. The van der Waals surface area contributed by atoms with Crippen LogP contribution in [0.4, 0.5) is 0 Å². The van der Waals surface area contributed by atoms with Crippen LogP contribution in [0.3, 0.4) is 0 Å². The van der Waals surface area contributed by atoms with E-state index in [2.05, 4.69) is 32.9 Å². The van der Waals surface area contributed by atoms with Crippen molar-refractivity contribution in [3.05, 3.63) is 18.6 Å². The molecule has 2 aliphatic rings. The van der Waals surface area contributed by atoms with Gasteiger partial charge in [0.2, 0.25) is 0 Å². The Kier molecular flexibility index (Phi) is 2.29. The standard InChI is InChI=1S/C13H21O2/c1-5-6-7-13-11(2,3)8-10(14)9-12(13,4)15-13/h5-7,10,14H,8-9H2,1-4H3. The number of hydrogen-bond acceptors (Lipinski definition) is 2. The van der Waals surface area contributed by atoms with E-state index in [0.29, 0.717) is 0 Å². The first-order chi connectivity index (χ1) is 6.87. The van der Waals surface area contributed by atoms with Crippen molar-refractivity contribution in [1.82, 2.24) is 0 Å². The summed E-state index contributed by atoms with van der Waals surface area (Å²) in [6.45, 7) is 8.48. The van der Waals surface area contributed by atoms with Crippen LogP contribution < -0.4 is 0 Å². The molecule has 0 aromatic rings. The van der Waals surface area contributed by atoms with Crippen molar-refractivity contribution in [2.24, 2.45) is 5.41 Å². The highest BCUT2D eigenvalue weighted by Crippen LogP contribution is 2.65. The minimum absolute atomic E-state index is 0.0128. The largest absolute Gasteiger partial charge is 0.393 e. The molecule has 2 fully saturated rings. The monoisotopic (exact) mass is 209 g/mol. The minimum atomic E-state index is -0.223. The summed E-state index contributed by atoms with van der Waals surface area (Å²) >= 11 is 0. The maximum atomic E-state index is 9.84. The fourth-order valence-electron chi connectivity index (χ4n) is 3.31. The summed E-state index contributed by atoms with van der Waals surface area (Å²) < 4.78 is 5.97. The van der Waals surface area contributed by atoms with E-state index < -0.39 is 0 Å². The quantitative estimate of drug-likeness (QED) is 0.709. The summed E-state index contributed by atoms with van der Waals surface area (Å²) in [5.41, 5.74) is -0.307. The lowest BCUT2D eigenvalue weighted by Gasteiger charge is -2.39. The van der Waals surface area contributed by atoms with Gasteiger partial charge in [-0.05, 0) is 19.8 Å². The Balaban J connectivity index is 2.29. The molecule has 1 aliphatic carbocycles. The van der Waals surface area contributed by atoms with Gasteiger partial charge in [0, 0.05) is 11.8 Å². The molecule has 85 valence electrons. The molecule has 0 amide bonds. The fraction of sp³-hybridized carbons (Fsp3) is 0.769. The molecule has 15 heavy (non-hydrogen) atoms. The molecule has 3 atom stereocenters. The first kappa shape index (κ1) is 11.2. The summed E-state index contributed by atoms with van der Waals surface area (Å²) in [7, 11) is 0. The molecule has 2 nitrogen and oxygen atoms in total. The predicted octanol–water partition coefficient (Wildman–Crippen LogP) is 2.48. The van der Waals surface area contributed by atoms with Gasteiger partial charge in [-0.2, -0.15) is 0 Å². The molecule has 0 aromatic carbocycles. The van der Waals surface area contributed by atoms with E-state index in [1.807, 2.05) is 13.3 Å². The molecule has 1 radical (unpaired) electrons. The van der Waals surface area contributed by atoms with Gasteiger partial charge in [-0.25, -0.2) is 0 Å². The summed E-state index contributed by atoms with van der Waals surface area (Å²) in [6.07, 6.45) is 7.60. The molecular formula is C13H21O2. The van der Waals surface area contributed by atoms with E-state index in [0.717, 1.165) is 12.8 Å². The number of allylic oxidation sites excluding steroid dienone is 1. The third-order valence-electron chi connectivity index (χ3n) is 4.03. The molecule has 0 bridgehead atoms. The van der Waals surface area contributed by atoms with Crippen LogP contribution in [0.25, 0.3) is 0 Å². The zero-order valence-corrected chi connectivity index (χ0v) is 10.1. The Labute approximate surface area is 92.3 Å². The zero-order valence-electron chi connectivity index (χ0n) is 10.1. The lowest BCUT2D eigenvalue weighted by molar-refractivity contribution is 0.0515. The van der Waals surface area contributed by atoms with Crippen molar-refractivity contribution in [2.45, 2.75) is 57.8 Å². The van der Waals surface area contributed by atoms with Crippen molar-refractivity contribution < 1.29 is 9.84 Å². The Morgan fingerprint density at radius 1 is 1.27 bits per heavy atom. The number of rotatable bonds is 2. The number of hydrogen-bond donors (Lipinski definition) is 1. The van der Waals surface area contributed by atoms with Crippen molar-refractivity contribution in [1.29, 1.82) is 0 Å². The van der Waals surface area contributed by atoms with Crippen molar-refractivity contribution in [3.8, 4) is 0 Å². The van der Waals surface area contributed by atoms with Crippen LogP contribution in [-0.2, 0) is 4.74 Å². The third kappa shape index (κ3) is 1.38. The number of epoxide rings is 1. The van der Waals surface area contributed by atoms with Gasteiger partial charge in [-0.3, -0.25) is 0 Å². The van der Waals surface area contributed by atoms with Crippen LogP contribution in [0, 0.1) is 11.8 Å². The van der Waals surface area contributed by atoms with E-state index in [-0.39, 0.29) is 22.7 Å². The van der Waals surface area contributed by atoms with Crippen molar-refractivity contribution in [3.63, 3.8) is 0 Å². The second kappa shape index (κ2) is 3.08. The third-order valence-corrected chi connectivity index (χ3v) is 4.03. The second-order valence-corrected chi connectivity index (χ2v) is 5.71. The molecular weight excluding hydrogens is 188 g/mol. The number of ether oxygens (including phenoxy) is 1. The van der Waals surface area contributed by atoms with E-state index in [1.54, 1.807) is 0 Å². The summed E-state index contributed by atoms with van der Waals surface area (Å²) in [6, 6.07) is 0. The van der Waals surface area contributed by atoms with Crippen LogP contribution in [0.15, 0.2) is 12.2 Å². The van der Waals surface area contributed by atoms with Gasteiger partial charge in [-0.15, -0.1) is 0 Å². The molecule has 1 saturated heterocycles. The highest BCUT2D eigenvalue weighted by molar-refractivity contribution is 5.32. The van der Waals surface area contributed by atoms with Crippen LogP contribution in [-0.4, -0.2) is 22.4 Å². The number of aliphatic hydroxyl groups excluding tert-OH is 1. The summed E-state index contributed by atoms with van der Waals surface area (Å²) in [5.74, 6) is 0. The zero-order chi connectivity index (χ0) is 11.3. The molecule has 1 saturated carbocycles. The molecule has 2 heteroatoms. The molecule has 1 heterocycles. The number of fused-ring (bicyclic) bond motifs is 1. The molecule has 0 aromatic heterocycles. The molecule has 1 N–H and O–H groups in total. The van der Waals surface area contributed by atoms with Gasteiger partial charge < -0.3 is 9.84 Å². The van der Waals surface area contributed by atoms with Gasteiger partial charge in [0.25, 0.3) is 0 Å². The summed E-state index contributed by atoms with van der Waals surface area (Å²) in [5, 5.41) is 9.84. The van der Waals surface area contributed by atoms with E-state index in [9.17, 15) is 5.11 Å². The average Bonchev–Trinajstić information content (AvgIpc) is 2.67.